The molecule has 6 heteroatoms. The second-order valence-corrected chi connectivity index (χ2v) is 6.34. The van der Waals surface area contributed by atoms with Crippen LogP contribution < -0.4 is 0 Å². The average Bonchev–Trinajstić information content (AvgIpc) is 2.81. The Balaban J connectivity index is 2.19. The van der Waals surface area contributed by atoms with Gasteiger partial charge in [-0.15, -0.1) is 0 Å². The van der Waals surface area contributed by atoms with Gasteiger partial charge in [0.1, 0.15) is 0 Å². The number of oxazole rings is 1. The van der Waals surface area contributed by atoms with E-state index in [9.17, 15) is 4.79 Å². The second-order valence-electron chi connectivity index (χ2n) is 4.65. The lowest BCUT2D eigenvalue weighted by atomic mass is 10.1. The number of rotatable bonds is 5. The summed E-state index contributed by atoms with van der Waals surface area (Å²) in [4.78, 5) is 17.5. The number of aromatic amines is 1. The Morgan fingerprint density at radius 1 is 1.55 bits per heavy atom. The summed E-state index contributed by atoms with van der Waals surface area (Å²) in [6, 6.07) is 5.55. The fourth-order valence-electron chi connectivity index (χ4n) is 1.88. The number of hydrogen-bond acceptors (Lipinski definition) is 4. The summed E-state index contributed by atoms with van der Waals surface area (Å²) in [6.45, 7) is 4.17. The van der Waals surface area contributed by atoms with E-state index in [-0.39, 0.29) is 11.9 Å². The van der Waals surface area contributed by atoms with Gasteiger partial charge in [-0.05, 0) is 43.1 Å². The van der Waals surface area contributed by atoms with Gasteiger partial charge < -0.3 is 14.3 Å². The molecule has 0 aliphatic heterocycles. The van der Waals surface area contributed by atoms with Gasteiger partial charge in [-0.2, -0.15) is 11.8 Å². The molecule has 1 heterocycles. The lowest BCUT2D eigenvalue weighted by molar-refractivity contribution is 0.0757. The Kier molecular flexibility index (Phi) is 4.88. The van der Waals surface area contributed by atoms with Crippen molar-refractivity contribution in [2.24, 2.45) is 0 Å². The highest BCUT2D eigenvalue weighted by Gasteiger charge is 2.18. The maximum atomic E-state index is 12.4. The van der Waals surface area contributed by atoms with Crippen molar-refractivity contribution in [2.45, 2.75) is 19.9 Å². The molecular formula is C14H18N2O2S2. The number of thioether (sulfide) groups is 1. The van der Waals surface area contributed by atoms with Gasteiger partial charge in [0.15, 0.2) is 5.58 Å². The highest BCUT2D eigenvalue weighted by molar-refractivity contribution is 7.99. The maximum absolute atomic E-state index is 12.4. The Labute approximate surface area is 127 Å². The zero-order valence-electron chi connectivity index (χ0n) is 11.8. The van der Waals surface area contributed by atoms with E-state index in [4.69, 9.17) is 16.6 Å². The number of carbonyl (C=O) groups is 1. The van der Waals surface area contributed by atoms with E-state index in [1.165, 1.54) is 0 Å². The van der Waals surface area contributed by atoms with E-state index in [2.05, 4.69) is 18.8 Å². The molecule has 0 bridgehead atoms. The third kappa shape index (κ3) is 3.24. The number of hydrogen-bond donors (Lipinski definition) is 1. The summed E-state index contributed by atoms with van der Waals surface area (Å²) in [5.41, 5.74) is 2.04. The van der Waals surface area contributed by atoms with Crippen molar-refractivity contribution in [2.75, 3.05) is 18.6 Å². The quantitative estimate of drug-likeness (QED) is 0.855. The smallest absolute Gasteiger partial charge is 0.266 e. The molecule has 0 saturated carbocycles. The van der Waals surface area contributed by atoms with Crippen LogP contribution in [0.15, 0.2) is 22.6 Å². The molecule has 2 aromatic rings. The lowest BCUT2D eigenvalue weighted by Crippen LogP contribution is -2.36. The van der Waals surface area contributed by atoms with E-state index < -0.39 is 0 Å². The van der Waals surface area contributed by atoms with Crippen LogP contribution in [0.4, 0.5) is 0 Å². The summed E-state index contributed by atoms with van der Waals surface area (Å²) < 4.78 is 5.35. The van der Waals surface area contributed by atoms with Gasteiger partial charge in [0, 0.05) is 24.4 Å². The van der Waals surface area contributed by atoms with E-state index in [0.717, 1.165) is 17.0 Å². The van der Waals surface area contributed by atoms with Crippen LogP contribution in [0.25, 0.3) is 11.1 Å². The van der Waals surface area contributed by atoms with Crippen LogP contribution in [0.5, 0.6) is 0 Å². The summed E-state index contributed by atoms with van der Waals surface area (Å²) in [5, 5.41) is 0. The molecule has 1 aromatic carbocycles. The van der Waals surface area contributed by atoms with Crippen molar-refractivity contribution in [1.29, 1.82) is 0 Å². The second kappa shape index (κ2) is 6.45. The molecule has 2 rings (SSSR count). The molecule has 1 atom stereocenters. The minimum atomic E-state index is -0.00146. The van der Waals surface area contributed by atoms with Crippen LogP contribution in [-0.2, 0) is 0 Å². The molecule has 0 saturated heterocycles. The van der Waals surface area contributed by atoms with Crippen molar-refractivity contribution in [3.63, 3.8) is 0 Å². The van der Waals surface area contributed by atoms with Crippen molar-refractivity contribution in [3.8, 4) is 0 Å². The monoisotopic (exact) mass is 310 g/mol. The van der Waals surface area contributed by atoms with Gasteiger partial charge in [-0.25, -0.2) is 0 Å². The molecule has 1 N–H and O–H groups in total. The van der Waals surface area contributed by atoms with Crippen molar-refractivity contribution < 1.29 is 9.21 Å². The van der Waals surface area contributed by atoms with Crippen LogP contribution >= 0.6 is 24.0 Å². The predicted octanol–water partition coefficient (Wildman–Crippen LogP) is 3.70. The Morgan fingerprint density at radius 3 is 3.00 bits per heavy atom. The fraction of sp³-hybridized carbons (Fsp3) is 0.429. The van der Waals surface area contributed by atoms with Crippen LogP contribution in [0.1, 0.15) is 24.2 Å². The first-order valence-corrected chi connectivity index (χ1v) is 8.07. The molecule has 0 aliphatic rings. The van der Waals surface area contributed by atoms with E-state index in [0.29, 0.717) is 16.0 Å². The highest BCUT2D eigenvalue weighted by atomic mass is 32.2. The van der Waals surface area contributed by atoms with E-state index in [1.807, 2.05) is 24.9 Å². The molecule has 4 nitrogen and oxygen atoms in total. The van der Waals surface area contributed by atoms with Crippen molar-refractivity contribution in [3.05, 3.63) is 28.6 Å². The Bertz CT molecular complexity index is 662. The van der Waals surface area contributed by atoms with Gasteiger partial charge in [0.2, 0.25) is 0 Å². The first-order chi connectivity index (χ1) is 9.52. The first-order valence-electron chi connectivity index (χ1n) is 6.50. The van der Waals surface area contributed by atoms with Gasteiger partial charge in [0.05, 0.1) is 5.52 Å². The van der Waals surface area contributed by atoms with E-state index >= 15 is 0 Å². The van der Waals surface area contributed by atoms with Crippen LogP contribution in [0.2, 0.25) is 0 Å². The lowest BCUT2D eigenvalue weighted by Gasteiger charge is -2.24. The molecule has 0 fully saturated rings. The molecule has 108 valence electrons. The molecular weight excluding hydrogens is 292 g/mol. The van der Waals surface area contributed by atoms with Gasteiger partial charge >= 0.3 is 0 Å². The van der Waals surface area contributed by atoms with Gasteiger partial charge in [0.25, 0.3) is 10.7 Å². The highest BCUT2D eigenvalue weighted by Crippen LogP contribution is 2.17. The normalized spacial score (nSPS) is 12.6. The summed E-state index contributed by atoms with van der Waals surface area (Å²) in [7, 11) is 1.83. The zero-order chi connectivity index (χ0) is 14.7. The largest absolute Gasteiger partial charge is 0.429 e. The number of nitrogens with one attached hydrogen (secondary N) is 1. The number of carbonyl (C=O) groups excluding carboxylic acids is 1. The molecule has 0 spiro atoms. The predicted molar refractivity (Wildman–Crippen MR) is 86.0 cm³/mol. The van der Waals surface area contributed by atoms with Crippen molar-refractivity contribution in [1.82, 2.24) is 9.88 Å². The van der Waals surface area contributed by atoms with Crippen molar-refractivity contribution >= 4 is 41.0 Å². The first kappa shape index (κ1) is 15.1. The van der Waals surface area contributed by atoms with E-state index in [1.54, 1.807) is 17.0 Å². The number of H-pyrrole nitrogens is 1. The zero-order valence-corrected chi connectivity index (χ0v) is 13.4. The van der Waals surface area contributed by atoms with Crippen LogP contribution in [-0.4, -0.2) is 40.4 Å². The minimum absolute atomic E-state index is 0.00146. The third-order valence-electron chi connectivity index (χ3n) is 3.21. The molecule has 1 amide bonds. The van der Waals surface area contributed by atoms with Crippen LogP contribution in [0, 0.1) is 4.84 Å². The number of benzene rings is 1. The molecule has 1 aromatic heterocycles. The number of aromatic nitrogens is 1. The average molecular weight is 310 g/mol. The number of fused-ring (bicyclic) bond motifs is 1. The third-order valence-corrected chi connectivity index (χ3v) is 4.52. The molecule has 20 heavy (non-hydrogen) atoms. The SMILES string of the molecule is CCSC[C@H](C)N(C)C(=O)c1ccc2[nH]c(=S)oc2c1. The molecule has 0 unspecified atom stereocenters. The number of amides is 1. The number of nitrogens with zero attached hydrogens (tertiary/aromatic N) is 1. The van der Waals surface area contributed by atoms with Gasteiger partial charge in [-0.1, -0.05) is 6.92 Å². The Hall–Kier alpha value is -1.27. The summed E-state index contributed by atoms with van der Waals surface area (Å²) in [5.74, 6) is 1.99. The van der Waals surface area contributed by atoms with Crippen LogP contribution in [0.3, 0.4) is 0 Å². The Morgan fingerprint density at radius 2 is 2.30 bits per heavy atom. The summed E-state index contributed by atoms with van der Waals surface area (Å²) in [6.07, 6.45) is 0. The van der Waals surface area contributed by atoms with Gasteiger partial charge in [-0.3, -0.25) is 4.79 Å². The topological polar surface area (TPSA) is 49.2 Å². The molecule has 0 radical (unpaired) electrons. The fourth-order valence-corrected chi connectivity index (χ4v) is 2.88. The minimum Gasteiger partial charge on any atom is -0.429 e. The standard InChI is InChI=1S/C14H18N2O2S2/c1-4-20-8-9(2)16(3)13(17)10-5-6-11-12(7-10)18-14(19)15-11/h5-7,9H,4,8H2,1-3H3,(H,15,19)/t9-/m0/s1. The molecule has 0 aliphatic carbocycles. The maximum Gasteiger partial charge on any atom is 0.266 e. The summed E-state index contributed by atoms with van der Waals surface area (Å²) >= 11 is 6.77.